The van der Waals surface area contributed by atoms with E-state index in [9.17, 15) is 9.18 Å². The van der Waals surface area contributed by atoms with Crippen molar-refractivity contribution in [1.82, 2.24) is 25.1 Å². The first-order valence-corrected chi connectivity index (χ1v) is 9.54. The average Bonchev–Trinajstić information content (AvgIpc) is 3.09. The van der Waals surface area contributed by atoms with E-state index in [2.05, 4.69) is 20.2 Å². The van der Waals surface area contributed by atoms with Gasteiger partial charge in [-0.2, -0.15) is 0 Å². The lowest BCUT2D eigenvalue weighted by atomic mass is 10.0. The Kier molecular flexibility index (Phi) is 4.79. The zero-order chi connectivity index (χ0) is 19.0. The molecule has 27 heavy (non-hydrogen) atoms. The van der Waals surface area contributed by atoms with Crippen LogP contribution in [0.1, 0.15) is 17.1 Å². The molecule has 1 aliphatic heterocycles. The van der Waals surface area contributed by atoms with Gasteiger partial charge in [0.25, 0.3) is 0 Å². The number of piperidine rings is 1. The first-order valence-electron chi connectivity index (χ1n) is 8.72. The van der Waals surface area contributed by atoms with Crippen LogP contribution in [0.15, 0.2) is 24.5 Å². The molecule has 1 amide bonds. The Morgan fingerprint density at radius 2 is 2.19 bits per heavy atom. The smallest absolute Gasteiger partial charge is 0.228 e. The molecule has 2 N–H and O–H groups in total. The number of alkyl halides is 1. The Morgan fingerprint density at radius 3 is 2.93 bits per heavy atom. The van der Waals surface area contributed by atoms with Crippen molar-refractivity contribution >= 4 is 28.1 Å². The average molecular weight is 386 g/mol. The van der Waals surface area contributed by atoms with Gasteiger partial charge in [-0.05, 0) is 25.5 Å². The number of fused-ring (bicyclic) bond motifs is 1. The van der Waals surface area contributed by atoms with Crippen molar-refractivity contribution in [3.05, 3.63) is 35.2 Å². The summed E-state index contributed by atoms with van der Waals surface area (Å²) >= 11 is 1.50. The summed E-state index contributed by atoms with van der Waals surface area (Å²) in [5.74, 6) is -0.139. The van der Waals surface area contributed by atoms with E-state index in [1.807, 2.05) is 19.1 Å². The van der Waals surface area contributed by atoms with Gasteiger partial charge in [0.15, 0.2) is 0 Å². The van der Waals surface area contributed by atoms with E-state index >= 15 is 0 Å². The van der Waals surface area contributed by atoms with E-state index in [0.717, 1.165) is 26.5 Å². The van der Waals surface area contributed by atoms with Crippen LogP contribution < -0.4 is 5.73 Å². The fraction of sp³-hybridized carbons (Fsp3) is 0.389. The molecule has 0 spiro atoms. The van der Waals surface area contributed by atoms with E-state index in [1.54, 1.807) is 12.4 Å². The molecule has 9 heteroatoms. The molecule has 1 saturated heterocycles. The first-order chi connectivity index (χ1) is 13.0. The monoisotopic (exact) mass is 386 g/mol. The molecule has 0 aromatic carbocycles. The second kappa shape index (κ2) is 7.24. The van der Waals surface area contributed by atoms with E-state index in [0.29, 0.717) is 18.7 Å². The third-order valence-corrected chi connectivity index (χ3v) is 5.56. The molecule has 0 bridgehead atoms. The number of rotatable bonds is 3. The molecular formula is C18H19FN6OS. The van der Waals surface area contributed by atoms with Gasteiger partial charge in [-0.15, -0.1) is 10.2 Å². The van der Waals surface area contributed by atoms with Crippen LogP contribution in [0.5, 0.6) is 0 Å². The van der Waals surface area contributed by atoms with Gasteiger partial charge < -0.3 is 10.6 Å². The summed E-state index contributed by atoms with van der Waals surface area (Å²) in [6.45, 7) is 2.44. The summed E-state index contributed by atoms with van der Waals surface area (Å²) in [5.41, 5.74) is 7.92. The lowest BCUT2D eigenvalue weighted by Crippen LogP contribution is -2.50. The molecule has 1 fully saturated rings. The highest BCUT2D eigenvalue weighted by Gasteiger charge is 2.29. The highest BCUT2D eigenvalue weighted by Crippen LogP contribution is 2.25. The number of nitrogens with zero attached hydrogens (tertiary/aromatic N) is 5. The number of aromatic nitrogens is 4. The maximum Gasteiger partial charge on any atom is 0.228 e. The SMILES string of the molecule is Cc1nnc(-c2cnc3cnc(CC(=O)N4CC[C@@H](N)[C@H](F)C4)cc3c2)s1. The fourth-order valence-electron chi connectivity index (χ4n) is 3.12. The zero-order valence-corrected chi connectivity index (χ0v) is 15.6. The molecule has 0 aliphatic carbocycles. The first kappa shape index (κ1) is 17.9. The van der Waals surface area contributed by atoms with Crippen LogP contribution in [0.4, 0.5) is 4.39 Å². The third-order valence-electron chi connectivity index (χ3n) is 4.67. The standard InChI is InChI=1S/C18H19FN6OS/c1-10-23-24-18(27-10)12-4-11-5-13(21-8-16(11)22-7-12)6-17(26)25-3-2-15(20)14(19)9-25/h4-5,7-8,14-15H,2-3,6,9,20H2,1H3/t14-,15-/m1/s1. The van der Waals surface area contributed by atoms with Crippen LogP contribution in [0.25, 0.3) is 21.5 Å². The normalized spacial score (nSPS) is 20.2. The van der Waals surface area contributed by atoms with Gasteiger partial charge in [0.1, 0.15) is 16.2 Å². The molecule has 3 aromatic rings. The largest absolute Gasteiger partial charge is 0.339 e. The molecule has 140 valence electrons. The molecule has 0 radical (unpaired) electrons. The van der Waals surface area contributed by atoms with Gasteiger partial charge in [-0.1, -0.05) is 11.3 Å². The molecule has 0 saturated carbocycles. The minimum Gasteiger partial charge on any atom is -0.339 e. The number of hydrogen-bond donors (Lipinski definition) is 1. The van der Waals surface area contributed by atoms with E-state index in [4.69, 9.17) is 5.73 Å². The fourth-order valence-corrected chi connectivity index (χ4v) is 3.79. The van der Waals surface area contributed by atoms with Crippen molar-refractivity contribution in [2.75, 3.05) is 13.1 Å². The Morgan fingerprint density at radius 1 is 1.33 bits per heavy atom. The van der Waals surface area contributed by atoms with Crippen LogP contribution in [0, 0.1) is 6.92 Å². The van der Waals surface area contributed by atoms with Crippen molar-refractivity contribution < 1.29 is 9.18 Å². The summed E-state index contributed by atoms with van der Waals surface area (Å²) < 4.78 is 13.8. The molecule has 4 rings (SSSR count). The number of amides is 1. The number of pyridine rings is 2. The molecule has 4 heterocycles. The third kappa shape index (κ3) is 3.79. The molecular weight excluding hydrogens is 367 g/mol. The van der Waals surface area contributed by atoms with Crippen molar-refractivity contribution in [3.8, 4) is 10.6 Å². The zero-order valence-electron chi connectivity index (χ0n) is 14.8. The highest BCUT2D eigenvalue weighted by molar-refractivity contribution is 7.14. The second-order valence-corrected chi connectivity index (χ2v) is 7.89. The van der Waals surface area contributed by atoms with Gasteiger partial charge >= 0.3 is 0 Å². The lowest BCUT2D eigenvalue weighted by molar-refractivity contribution is -0.132. The molecule has 2 atom stereocenters. The number of carbonyl (C=O) groups is 1. The van der Waals surface area contributed by atoms with Gasteiger partial charge in [-0.25, -0.2) is 4.39 Å². The summed E-state index contributed by atoms with van der Waals surface area (Å²) in [6, 6.07) is 3.33. The lowest BCUT2D eigenvalue weighted by Gasteiger charge is -2.32. The minimum absolute atomic E-state index is 0.0513. The predicted molar refractivity (Wildman–Crippen MR) is 101 cm³/mol. The minimum atomic E-state index is -1.17. The Labute approximate surface area is 159 Å². The number of hydrogen-bond acceptors (Lipinski definition) is 7. The van der Waals surface area contributed by atoms with Crippen molar-refractivity contribution in [2.45, 2.75) is 32.0 Å². The highest BCUT2D eigenvalue weighted by atomic mass is 32.1. The van der Waals surface area contributed by atoms with Crippen LogP contribution in [0.2, 0.25) is 0 Å². The Hall–Kier alpha value is -2.52. The quantitative estimate of drug-likeness (QED) is 0.738. The van der Waals surface area contributed by atoms with Gasteiger partial charge in [-0.3, -0.25) is 14.8 Å². The van der Waals surface area contributed by atoms with Crippen LogP contribution in [0.3, 0.4) is 0 Å². The van der Waals surface area contributed by atoms with Crippen LogP contribution >= 0.6 is 11.3 Å². The number of likely N-dealkylation sites (tertiary alicyclic amines) is 1. The van der Waals surface area contributed by atoms with Crippen molar-refractivity contribution in [2.24, 2.45) is 5.73 Å². The maximum absolute atomic E-state index is 13.8. The van der Waals surface area contributed by atoms with Gasteiger partial charge in [0.05, 0.1) is 30.4 Å². The molecule has 0 unspecified atom stereocenters. The van der Waals surface area contributed by atoms with E-state index in [-0.39, 0.29) is 18.9 Å². The summed E-state index contributed by atoms with van der Waals surface area (Å²) in [4.78, 5) is 22.8. The van der Waals surface area contributed by atoms with Gasteiger partial charge in [0, 0.05) is 29.7 Å². The molecule has 7 nitrogen and oxygen atoms in total. The predicted octanol–water partition coefficient (Wildman–Crippen LogP) is 1.90. The number of halogens is 1. The Bertz CT molecular complexity index is 993. The van der Waals surface area contributed by atoms with E-state index in [1.165, 1.54) is 16.2 Å². The maximum atomic E-state index is 13.8. The molecule has 1 aliphatic rings. The summed E-state index contributed by atoms with van der Waals surface area (Å²) in [7, 11) is 0. The van der Waals surface area contributed by atoms with Crippen LogP contribution in [-0.4, -0.2) is 56.3 Å². The summed E-state index contributed by atoms with van der Waals surface area (Å²) in [5, 5.41) is 10.7. The van der Waals surface area contributed by atoms with Crippen molar-refractivity contribution in [3.63, 3.8) is 0 Å². The van der Waals surface area contributed by atoms with E-state index < -0.39 is 12.2 Å². The van der Waals surface area contributed by atoms with Gasteiger partial charge in [0.2, 0.25) is 5.91 Å². The second-order valence-electron chi connectivity index (χ2n) is 6.70. The number of carbonyl (C=O) groups excluding carboxylic acids is 1. The van der Waals surface area contributed by atoms with Crippen molar-refractivity contribution in [1.29, 1.82) is 0 Å². The van der Waals surface area contributed by atoms with Crippen LogP contribution in [-0.2, 0) is 11.2 Å². The summed E-state index contributed by atoms with van der Waals surface area (Å²) in [6.07, 6.45) is 2.83. The number of aryl methyl sites for hydroxylation is 1. The Balaban J connectivity index is 1.54. The molecule has 3 aromatic heterocycles. The number of nitrogens with two attached hydrogens (primary N) is 1. The topological polar surface area (TPSA) is 97.9 Å².